The lowest BCUT2D eigenvalue weighted by atomic mass is 10.1. The summed E-state index contributed by atoms with van der Waals surface area (Å²) in [5, 5.41) is 8.72. The third-order valence-corrected chi connectivity index (χ3v) is 6.21. The Morgan fingerprint density at radius 3 is 2.64 bits per heavy atom. The first-order valence-corrected chi connectivity index (χ1v) is 11.4. The van der Waals surface area contributed by atoms with Crippen molar-refractivity contribution in [2.75, 3.05) is 33.4 Å². The summed E-state index contributed by atoms with van der Waals surface area (Å²) in [5.74, 6) is -0.435. The maximum Gasteiger partial charge on any atom is 0.408 e. The Morgan fingerprint density at radius 1 is 1.11 bits per heavy atom. The second-order valence-electron chi connectivity index (χ2n) is 8.69. The molecule has 12 heteroatoms. The van der Waals surface area contributed by atoms with Gasteiger partial charge in [0.15, 0.2) is 23.0 Å². The topological polar surface area (TPSA) is 90.8 Å². The first kappa shape index (κ1) is 24.3. The van der Waals surface area contributed by atoms with Gasteiger partial charge in [-0.3, -0.25) is 9.30 Å². The molecule has 190 valence electrons. The van der Waals surface area contributed by atoms with Crippen molar-refractivity contribution in [3.8, 4) is 17.3 Å². The fraction of sp³-hybridized carbons (Fsp3) is 0.375. The molecule has 2 unspecified atom stereocenters. The average Bonchev–Trinajstić information content (AvgIpc) is 3.46. The summed E-state index contributed by atoms with van der Waals surface area (Å²) < 4.78 is 69.2. The molecule has 0 aliphatic carbocycles. The van der Waals surface area contributed by atoms with Crippen molar-refractivity contribution in [1.82, 2.24) is 24.5 Å². The number of alkyl halides is 3. The molecule has 1 saturated heterocycles. The van der Waals surface area contributed by atoms with E-state index in [-0.39, 0.29) is 54.1 Å². The van der Waals surface area contributed by atoms with Crippen LogP contribution in [0.15, 0.2) is 42.6 Å². The summed E-state index contributed by atoms with van der Waals surface area (Å²) in [5.41, 5.74) is 6.55. The Hall–Kier alpha value is -3.35. The highest BCUT2D eigenvalue weighted by Crippen LogP contribution is 2.39. The van der Waals surface area contributed by atoms with Gasteiger partial charge in [-0.1, -0.05) is 12.1 Å². The number of pyridine rings is 2. The highest BCUT2D eigenvalue weighted by atomic mass is 19.4. The smallest absolute Gasteiger partial charge is 0.408 e. The summed E-state index contributed by atoms with van der Waals surface area (Å²) in [6, 6.07) is 7.22. The fourth-order valence-electron chi connectivity index (χ4n) is 4.51. The molecule has 1 fully saturated rings. The Morgan fingerprint density at radius 2 is 1.92 bits per heavy atom. The van der Waals surface area contributed by atoms with Crippen molar-refractivity contribution in [1.29, 1.82) is 0 Å². The zero-order valence-electron chi connectivity index (χ0n) is 19.4. The van der Waals surface area contributed by atoms with Gasteiger partial charge in [-0.2, -0.15) is 13.2 Å². The van der Waals surface area contributed by atoms with E-state index in [9.17, 15) is 13.2 Å². The number of ether oxygens (including phenoxy) is 2. The zero-order valence-corrected chi connectivity index (χ0v) is 19.4. The van der Waals surface area contributed by atoms with Crippen molar-refractivity contribution in [3.05, 3.63) is 54.0 Å². The molecule has 4 heterocycles. The van der Waals surface area contributed by atoms with Crippen LogP contribution in [0.3, 0.4) is 0 Å². The number of benzene rings is 1. The van der Waals surface area contributed by atoms with Crippen LogP contribution < -0.4 is 10.5 Å². The number of nitrogens with zero attached hydrogens (tertiary/aromatic N) is 5. The van der Waals surface area contributed by atoms with E-state index in [1.807, 2.05) is 0 Å². The summed E-state index contributed by atoms with van der Waals surface area (Å²) in [6.45, 7) is 0.857. The Labute approximate surface area is 203 Å². The van der Waals surface area contributed by atoms with E-state index in [1.165, 1.54) is 40.8 Å². The van der Waals surface area contributed by atoms with Crippen LogP contribution in [0, 0.1) is 5.82 Å². The molecule has 1 aliphatic rings. The molecule has 5 rings (SSSR count). The highest BCUT2D eigenvalue weighted by molar-refractivity contribution is 5.83. The summed E-state index contributed by atoms with van der Waals surface area (Å²) in [4.78, 5) is 5.75. The van der Waals surface area contributed by atoms with Crippen LogP contribution in [0.1, 0.15) is 18.0 Å². The van der Waals surface area contributed by atoms with E-state index in [2.05, 4.69) is 15.2 Å². The van der Waals surface area contributed by atoms with Gasteiger partial charge in [-0.15, -0.1) is 10.2 Å². The second-order valence-corrected chi connectivity index (χ2v) is 8.69. The minimum Gasteiger partial charge on any atom is -0.488 e. The van der Waals surface area contributed by atoms with Gasteiger partial charge in [0.1, 0.15) is 23.9 Å². The monoisotopic (exact) mass is 504 g/mol. The molecule has 0 radical (unpaired) electrons. The molecular weight excluding hydrogens is 480 g/mol. The van der Waals surface area contributed by atoms with E-state index < -0.39 is 18.0 Å². The van der Waals surface area contributed by atoms with Gasteiger partial charge in [0.05, 0.1) is 6.61 Å². The predicted molar refractivity (Wildman–Crippen MR) is 124 cm³/mol. The van der Waals surface area contributed by atoms with Gasteiger partial charge in [0.25, 0.3) is 0 Å². The molecule has 0 bridgehead atoms. The first-order valence-electron chi connectivity index (χ1n) is 11.4. The summed E-state index contributed by atoms with van der Waals surface area (Å²) >= 11 is 0. The first-order chi connectivity index (χ1) is 17.3. The highest BCUT2D eigenvalue weighted by Gasteiger charge is 2.46. The normalized spacial score (nSPS) is 17.8. The van der Waals surface area contributed by atoms with Gasteiger partial charge in [0, 0.05) is 37.8 Å². The van der Waals surface area contributed by atoms with Crippen LogP contribution in [0.2, 0.25) is 0 Å². The average molecular weight is 504 g/mol. The number of nitrogens with two attached hydrogens (primary N) is 1. The molecule has 2 N–H and O–H groups in total. The maximum atomic E-state index is 15.1. The molecule has 2 atom stereocenters. The van der Waals surface area contributed by atoms with Crippen molar-refractivity contribution in [2.45, 2.75) is 24.7 Å². The van der Waals surface area contributed by atoms with Crippen molar-refractivity contribution >= 4 is 16.6 Å². The predicted octanol–water partition coefficient (Wildman–Crippen LogP) is 3.75. The molecule has 0 saturated carbocycles. The van der Waals surface area contributed by atoms with Crippen LogP contribution in [-0.4, -0.2) is 70.1 Å². The Bertz CT molecular complexity index is 1390. The molecule has 1 aromatic carbocycles. The van der Waals surface area contributed by atoms with E-state index in [1.54, 1.807) is 18.2 Å². The van der Waals surface area contributed by atoms with Crippen LogP contribution in [0.4, 0.5) is 17.6 Å². The van der Waals surface area contributed by atoms with Crippen LogP contribution in [-0.2, 0) is 4.74 Å². The van der Waals surface area contributed by atoms with Crippen LogP contribution >= 0.6 is 0 Å². The van der Waals surface area contributed by atoms with Crippen molar-refractivity contribution in [3.63, 3.8) is 0 Å². The second kappa shape index (κ2) is 9.60. The number of hydrogen-bond acceptors (Lipinski definition) is 7. The number of hydrogen-bond donors (Lipinski definition) is 1. The van der Waals surface area contributed by atoms with Gasteiger partial charge < -0.3 is 15.2 Å². The van der Waals surface area contributed by atoms with E-state index in [0.717, 1.165) is 0 Å². The molecule has 1 aliphatic heterocycles. The maximum absolute atomic E-state index is 15.1. The number of fused-ring (bicyclic) bond motifs is 2. The van der Waals surface area contributed by atoms with E-state index in [4.69, 9.17) is 15.2 Å². The number of likely N-dealkylation sites (tertiary alicyclic amines) is 1. The van der Waals surface area contributed by atoms with Crippen LogP contribution in [0.5, 0.6) is 5.75 Å². The summed E-state index contributed by atoms with van der Waals surface area (Å²) in [6.07, 6.45) is -2.65. The molecule has 0 amide bonds. The standard InChI is InChI=1S/C24H24F4N6O2/c1-35-10-11-36-18-6-3-14-2-5-17(30-21(14)20(18)25)23-32-31-19-7-4-15(12-34(19)23)22(24(26,27)28)33-9-8-16(29)13-33/h2-7,12,16,22H,8-11,13,29H2,1H3. The SMILES string of the molecule is COCCOc1ccc2ccc(-c3nnc4ccc(C(N5CCC(N)C5)C(F)(F)F)cn34)nc2c1F. The van der Waals surface area contributed by atoms with Crippen LogP contribution in [0.25, 0.3) is 28.1 Å². The lowest BCUT2D eigenvalue weighted by molar-refractivity contribution is -0.183. The third-order valence-electron chi connectivity index (χ3n) is 6.21. The number of methoxy groups -OCH3 is 1. The Balaban J connectivity index is 1.56. The van der Waals surface area contributed by atoms with Gasteiger partial charge in [-0.25, -0.2) is 9.37 Å². The molecule has 3 aromatic heterocycles. The van der Waals surface area contributed by atoms with Gasteiger partial charge in [0.2, 0.25) is 0 Å². The van der Waals surface area contributed by atoms with Crippen molar-refractivity contribution < 1.29 is 27.0 Å². The Kier molecular flexibility index (Phi) is 6.49. The number of halogens is 4. The lowest BCUT2D eigenvalue weighted by Crippen LogP contribution is -2.38. The molecular formula is C24H24F4N6O2. The quantitative estimate of drug-likeness (QED) is 0.303. The van der Waals surface area contributed by atoms with Gasteiger partial charge in [-0.05, 0) is 36.2 Å². The van der Waals surface area contributed by atoms with E-state index >= 15 is 4.39 Å². The third kappa shape index (κ3) is 4.59. The van der Waals surface area contributed by atoms with Gasteiger partial charge >= 0.3 is 6.18 Å². The molecule has 8 nitrogen and oxygen atoms in total. The minimum absolute atomic E-state index is 0.0226. The lowest BCUT2D eigenvalue weighted by Gasteiger charge is -2.30. The summed E-state index contributed by atoms with van der Waals surface area (Å²) in [7, 11) is 1.51. The molecule has 0 spiro atoms. The van der Waals surface area contributed by atoms with Crippen molar-refractivity contribution in [2.24, 2.45) is 5.73 Å². The largest absolute Gasteiger partial charge is 0.488 e. The molecule has 4 aromatic rings. The van der Waals surface area contributed by atoms with E-state index in [0.29, 0.717) is 24.1 Å². The zero-order chi connectivity index (χ0) is 25.4. The minimum atomic E-state index is -4.50. The number of rotatable bonds is 7. The fourth-order valence-corrected chi connectivity index (χ4v) is 4.51. The molecule has 36 heavy (non-hydrogen) atoms. The number of aromatic nitrogens is 4.